The average molecular weight is 422 g/mol. The minimum Gasteiger partial charge on any atom is -0.494 e. The Morgan fingerprint density at radius 2 is 2.03 bits per heavy atom. The third kappa shape index (κ3) is 3.92. The highest BCUT2D eigenvalue weighted by Crippen LogP contribution is 2.36. The van der Waals surface area contributed by atoms with Crippen molar-refractivity contribution in [3.05, 3.63) is 47.2 Å². The van der Waals surface area contributed by atoms with Crippen LogP contribution in [-0.4, -0.2) is 28.7 Å². The predicted molar refractivity (Wildman–Crippen MR) is 115 cm³/mol. The molecule has 4 rings (SSSR count). The van der Waals surface area contributed by atoms with E-state index in [1.54, 1.807) is 24.3 Å². The second-order valence-electron chi connectivity index (χ2n) is 7.71. The number of benzene rings is 1. The number of amides is 2. The van der Waals surface area contributed by atoms with Gasteiger partial charge in [-0.05, 0) is 68.0 Å². The largest absolute Gasteiger partial charge is 0.494 e. The number of hydrogen-bond donors (Lipinski definition) is 0. The van der Waals surface area contributed by atoms with Crippen molar-refractivity contribution < 1.29 is 14.3 Å². The smallest absolute Gasteiger partial charge is 0.247 e. The molecule has 0 spiro atoms. The lowest BCUT2D eigenvalue weighted by molar-refractivity contribution is -0.121. The van der Waals surface area contributed by atoms with E-state index in [9.17, 15) is 14.9 Å². The summed E-state index contributed by atoms with van der Waals surface area (Å²) in [5.41, 5.74) is 3.14. The van der Waals surface area contributed by atoms with Crippen LogP contribution in [0.25, 0.3) is 0 Å². The van der Waals surface area contributed by atoms with E-state index in [1.165, 1.54) is 16.7 Å². The summed E-state index contributed by atoms with van der Waals surface area (Å²) in [7, 11) is 0. The van der Waals surface area contributed by atoms with Crippen LogP contribution in [-0.2, 0) is 22.4 Å². The molecule has 0 unspecified atom stereocenters. The molecule has 1 aliphatic carbocycles. The molecule has 1 aromatic carbocycles. The van der Waals surface area contributed by atoms with E-state index in [2.05, 4.69) is 13.0 Å². The predicted octanol–water partition coefficient (Wildman–Crippen LogP) is 3.90. The second kappa shape index (κ2) is 8.49. The maximum atomic E-state index is 13.0. The number of rotatable bonds is 5. The molecule has 0 N–H and O–H groups in total. The molecule has 2 atom stereocenters. The van der Waals surface area contributed by atoms with E-state index in [0.717, 1.165) is 30.5 Å². The summed E-state index contributed by atoms with van der Waals surface area (Å²) in [6.07, 6.45) is 2.97. The molecule has 2 aliphatic rings. The summed E-state index contributed by atoms with van der Waals surface area (Å²) >= 11 is 1.23. The molecule has 0 saturated carbocycles. The Labute approximate surface area is 180 Å². The number of fused-ring (bicyclic) bond motifs is 1. The fourth-order valence-electron chi connectivity index (χ4n) is 3.96. The lowest BCUT2D eigenvalue weighted by atomic mass is 9.87. The zero-order valence-electron chi connectivity index (χ0n) is 17.1. The normalized spacial score (nSPS) is 20.8. The van der Waals surface area contributed by atoms with Gasteiger partial charge in [-0.15, -0.1) is 0 Å². The number of aromatic nitrogens is 1. The van der Waals surface area contributed by atoms with Crippen molar-refractivity contribution in [2.24, 2.45) is 5.92 Å². The number of pyridine rings is 1. The monoisotopic (exact) mass is 421 g/mol. The van der Waals surface area contributed by atoms with Crippen LogP contribution in [0.3, 0.4) is 0 Å². The van der Waals surface area contributed by atoms with Crippen molar-refractivity contribution >= 4 is 29.3 Å². The van der Waals surface area contributed by atoms with E-state index in [4.69, 9.17) is 9.72 Å². The van der Waals surface area contributed by atoms with Crippen LogP contribution >= 0.6 is 11.8 Å². The van der Waals surface area contributed by atoms with Crippen molar-refractivity contribution in [3.8, 4) is 11.8 Å². The lowest BCUT2D eigenvalue weighted by Gasteiger charge is -2.22. The number of imide groups is 1. The fraction of sp³-hybridized carbons (Fsp3) is 0.391. The molecule has 0 bridgehead atoms. The van der Waals surface area contributed by atoms with Crippen LogP contribution in [0.5, 0.6) is 5.75 Å². The van der Waals surface area contributed by atoms with E-state index >= 15 is 0 Å². The minimum atomic E-state index is -0.579. The Balaban J connectivity index is 1.55. The number of carbonyl (C=O) groups is 2. The van der Waals surface area contributed by atoms with Gasteiger partial charge in [0.1, 0.15) is 16.8 Å². The molecule has 2 heterocycles. The van der Waals surface area contributed by atoms with Crippen molar-refractivity contribution in [1.29, 1.82) is 5.26 Å². The molecular weight excluding hydrogens is 398 g/mol. The van der Waals surface area contributed by atoms with Crippen LogP contribution in [0, 0.1) is 17.2 Å². The summed E-state index contributed by atoms with van der Waals surface area (Å²) in [6.45, 7) is 4.65. The molecule has 2 aromatic rings. The van der Waals surface area contributed by atoms with Crippen molar-refractivity contribution in [1.82, 2.24) is 4.98 Å². The number of anilines is 1. The molecule has 1 aliphatic heterocycles. The van der Waals surface area contributed by atoms with E-state index in [-0.39, 0.29) is 18.2 Å². The summed E-state index contributed by atoms with van der Waals surface area (Å²) in [6, 6.07) is 11.1. The Bertz CT molecular complexity index is 1030. The zero-order valence-corrected chi connectivity index (χ0v) is 17.9. The minimum absolute atomic E-state index is 0.0946. The van der Waals surface area contributed by atoms with Gasteiger partial charge in [0.15, 0.2) is 0 Å². The first-order valence-electron chi connectivity index (χ1n) is 10.2. The Morgan fingerprint density at radius 3 is 2.73 bits per heavy atom. The van der Waals surface area contributed by atoms with Crippen molar-refractivity contribution in [3.63, 3.8) is 0 Å². The van der Waals surface area contributed by atoms with Gasteiger partial charge >= 0.3 is 0 Å². The number of ether oxygens (including phenoxy) is 1. The van der Waals surface area contributed by atoms with Gasteiger partial charge in [0, 0.05) is 12.1 Å². The zero-order chi connectivity index (χ0) is 21.3. The van der Waals surface area contributed by atoms with Gasteiger partial charge in [-0.25, -0.2) is 9.88 Å². The summed E-state index contributed by atoms with van der Waals surface area (Å²) < 4.78 is 5.42. The maximum Gasteiger partial charge on any atom is 0.247 e. The van der Waals surface area contributed by atoms with Crippen molar-refractivity contribution in [2.75, 3.05) is 11.5 Å². The lowest BCUT2D eigenvalue weighted by Crippen LogP contribution is -2.31. The molecule has 154 valence electrons. The van der Waals surface area contributed by atoms with Gasteiger partial charge in [-0.2, -0.15) is 5.26 Å². The molecule has 1 saturated heterocycles. The number of carbonyl (C=O) groups excluding carboxylic acids is 2. The molecule has 0 radical (unpaired) electrons. The Kier molecular flexibility index (Phi) is 5.78. The summed E-state index contributed by atoms with van der Waals surface area (Å²) in [5, 5.41) is 9.57. The van der Waals surface area contributed by atoms with Crippen LogP contribution in [0.2, 0.25) is 0 Å². The molecule has 2 amide bonds. The number of nitrogens with zero attached hydrogens (tertiary/aromatic N) is 3. The number of aryl methyl sites for hydroxylation is 1. The number of hydrogen-bond acceptors (Lipinski definition) is 6. The molecular formula is C23H23N3O3S. The standard InChI is InChI=1S/C23H23N3O3S/c1-3-29-18-7-5-17(6-8-18)26-21(27)12-20(23(26)28)30-22-16(13-24)11-15-10-14(2)4-9-19(15)25-22/h5-8,11,14,20H,3-4,9-10,12H2,1-2H3/t14-,20+/m1/s1. The Hall–Kier alpha value is -2.85. The number of nitriles is 1. The highest BCUT2D eigenvalue weighted by Gasteiger charge is 2.41. The van der Waals surface area contributed by atoms with Crippen LogP contribution in [0.15, 0.2) is 35.4 Å². The topological polar surface area (TPSA) is 83.3 Å². The maximum absolute atomic E-state index is 13.0. The van der Waals surface area contributed by atoms with Gasteiger partial charge in [0.05, 0.1) is 23.1 Å². The van der Waals surface area contributed by atoms with E-state index in [1.807, 2.05) is 13.0 Å². The third-order valence-electron chi connectivity index (χ3n) is 5.48. The molecule has 6 nitrogen and oxygen atoms in total. The van der Waals surface area contributed by atoms with Crippen molar-refractivity contribution in [2.45, 2.75) is 49.8 Å². The molecule has 30 heavy (non-hydrogen) atoms. The van der Waals surface area contributed by atoms with Crippen LogP contribution in [0.1, 0.15) is 43.5 Å². The Morgan fingerprint density at radius 1 is 1.27 bits per heavy atom. The van der Waals surface area contributed by atoms with Gasteiger partial charge < -0.3 is 4.74 Å². The van der Waals surface area contributed by atoms with E-state index < -0.39 is 5.25 Å². The number of thioether (sulfide) groups is 1. The van der Waals surface area contributed by atoms with Gasteiger partial charge in [-0.3, -0.25) is 9.59 Å². The van der Waals surface area contributed by atoms with Crippen LogP contribution < -0.4 is 9.64 Å². The molecule has 1 aromatic heterocycles. The van der Waals surface area contributed by atoms with E-state index in [0.29, 0.717) is 34.6 Å². The molecule has 1 fully saturated rings. The first-order chi connectivity index (χ1) is 14.5. The molecule has 7 heteroatoms. The average Bonchev–Trinajstić information content (AvgIpc) is 3.01. The third-order valence-corrected chi connectivity index (χ3v) is 6.67. The summed E-state index contributed by atoms with van der Waals surface area (Å²) in [4.78, 5) is 31.5. The highest BCUT2D eigenvalue weighted by molar-refractivity contribution is 8.00. The SMILES string of the molecule is CCOc1ccc(N2C(=O)C[C@H](Sc3nc4c(cc3C#N)C[C@H](C)CC4)C2=O)cc1. The highest BCUT2D eigenvalue weighted by atomic mass is 32.2. The van der Waals surface area contributed by atoms with Gasteiger partial charge in [-0.1, -0.05) is 18.7 Å². The first-order valence-corrected chi connectivity index (χ1v) is 11.1. The van der Waals surface area contributed by atoms with Gasteiger partial charge in [0.25, 0.3) is 0 Å². The summed E-state index contributed by atoms with van der Waals surface area (Å²) in [5.74, 6) is 0.761. The first kappa shape index (κ1) is 20.4. The fourth-order valence-corrected chi connectivity index (χ4v) is 5.05. The second-order valence-corrected chi connectivity index (χ2v) is 8.90. The quantitative estimate of drug-likeness (QED) is 0.681. The van der Waals surface area contributed by atoms with Gasteiger partial charge in [0.2, 0.25) is 11.8 Å². The van der Waals surface area contributed by atoms with Crippen LogP contribution in [0.4, 0.5) is 5.69 Å².